The van der Waals surface area contributed by atoms with Crippen LogP contribution in [0.1, 0.15) is 24.5 Å². The molecule has 7 nitrogen and oxygen atoms in total. The van der Waals surface area contributed by atoms with Crippen molar-refractivity contribution in [3.05, 3.63) is 52.5 Å². The molecule has 2 aromatic heterocycles. The molecule has 0 atom stereocenters. The van der Waals surface area contributed by atoms with Crippen LogP contribution in [0.25, 0.3) is 22.7 Å². The van der Waals surface area contributed by atoms with E-state index in [0.717, 1.165) is 6.42 Å². The van der Waals surface area contributed by atoms with Gasteiger partial charge in [0.25, 0.3) is 11.6 Å². The Kier molecular flexibility index (Phi) is 5.46. The summed E-state index contributed by atoms with van der Waals surface area (Å²) in [5.41, 5.74) is 2.51. The van der Waals surface area contributed by atoms with E-state index in [-0.39, 0.29) is 23.4 Å². The second kappa shape index (κ2) is 8.20. The van der Waals surface area contributed by atoms with Crippen LogP contribution < -0.4 is 9.47 Å². The van der Waals surface area contributed by atoms with Crippen molar-refractivity contribution in [1.82, 2.24) is 15.0 Å². The summed E-state index contributed by atoms with van der Waals surface area (Å²) in [7, 11) is 0. The standard InChI is InChI=1S/C22H19ClN3O4/c1-4-9-28-20-17-21(26-22(25-20)29-16-8-6-5-7-15(16)23)30-19(24-17)14-10-12(2)18(27)13(3)11-14/h5-8,10-11H,4,9H2,1-3H3. The van der Waals surface area contributed by atoms with Gasteiger partial charge in [-0.15, -0.1) is 0 Å². The zero-order valence-corrected chi connectivity index (χ0v) is 17.5. The number of benzene rings is 2. The fourth-order valence-electron chi connectivity index (χ4n) is 2.95. The lowest BCUT2D eigenvalue weighted by atomic mass is 10.1. The van der Waals surface area contributed by atoms with Gasteiger partial charge in [-0.2, -0.15) is 9.97 Å². The molecule has 0 saturated carbocycles. The molecule has 2 aromatic carbocycles. The Hall–Kier alpha value is -3.32. The Balaban J connectivity index is 1.80. The third-order valence-corrected chi connectivity index (χ3v) is 4.71. The van der Waals surface area contributed by atoms with Crippen LogP contribution in [-0.4, -0.2) is 21.6 Å². The van der Waals surface area contributed by atoms with Crippen LogP contribution in [0.15, 0.2) is 40.8 Å². The number of halogens is 1. The summed E-state index contributed by atoms with van der Waals surface area (Å²) in [5.74, 6) is 0.989. The highest BCUT2D eigenvalue weighted by Crippen LogP contribution is 2.34. The van der Waals surface area contributed by atoms with Crippen LogP contribution in [0.4, 0.5) is 0 Å². The van der Waals surface area contributed by atoms with Crippen LogP contribution in [0.5, 0.6) is 23.4 Å². The first-order valence-electron chi connectivity index (χ1n) is 9.48. The lowest BCUT2D eigenvalue weighted by Gasteiger charge is -2.07. The van der Waals surface area contributed by atoms with Crippen molar-refractivity contribution in [2.24, 2.45) is 0 Å². The van der Waals surface area contributed by atoms with Crippen LogP contribution in [0.2, 0.25) is 5.02 Å². The van der Waals surface area contributed by atoms with Gasteiger partial charge in [-0.3, -0.25) is 5.11 Å². The molecule has 2 heterocycles. The van der Waals surface area contributed by atoms with Crippen molar-refractivity contribution in [1.29, 1.82) is 0 Å². The lowest BCUT2D eigenvalue weighted by molar-refractivity contribution is 0.302. The fourth-order valence-corrected chi connectivity index (χ4v) is 3.12. The number of aryl methyl sites for hydroxylation is 2. The van der Waals surface area contributed by atoms with Gasteiger partial charge in [-0.05, 0) is 55.7 Å². The normalized spacial score (nSPS) is 11.1. The Morgan fingerprint density at radius 1 is 1.07 bits per heavy atom. The van der Waals surface area contributed by atoms with Gasteiger partial charge in [-0.25, -0.2) is 4.98 Å². The number of hydrogen-bond donors (Lipinski definition) is 0. The van der Waals surface area contributed by atoms with Crippen molar-refractivity contribution in [2.45, 2.75) is 27.2 Å². The van der Waals surface area contributed by atoms with Crippen LogP contribution in [0.3, 0.4) is 0 Å². The number of para-hydroxylation sites is 1. The Bertz CT molecular complexity index is 1200. The monoisotopic (exact) mass is 424 g/mol. The average molecular weight is 425 g/mol. The molecule has 30 heavy (non-hydrogen) atoms. The minimum Gasteiger partial charge on any atom is -0.476 e. The molecular formula is C22H19ClN3O4. The minimum atomic E-state index is -0.00273. The van der Waals surface area contributed by atoms with Gasteiger partial charge in [0, 0.05) is 5.56 Å². The number of rotatable bonds is 6. The highest BCUT2D eigenvalue weighted by molar-refractivity contribution is 6.32. The van der Waals surface area contributed by atoms with E-state index in [2.05, 4.69) is 15.0 Å². The molecule has 4 aromatic rings. The predicted molar refractivity (Wildman–Crippen MR) is 112 cm³/mol. The number of oxazole rings is 1. The van der Waals surface area contributed by atoms with Crippen LogP contribution in [-0.2, 0) is 5.11 Å². The number of fused-ring (bicyclic) bond motifs is 1. The Morgan fingerprint density at radius 2 is 1.80 bits per heavy atom. The maximum absolute atomic E-state index is 12.0. The molecule has 1 radical (unpaired) electrons. The molecule has 0 aliphatic carbocycles. The third-order valence-electron chi connectivity index (χ3n) is 4.39. The van der Waals surface area contributed by atoms with Gasteiger partial charge in [0.15, 0.2) is 11.3 Å². The lowest BCUT2D eigenvalue weighted by Crippen LogP contribution is -2.01. The SMILES string of the molecule is CCCOc1nc(Oc2ccccc2Cl)nc2oc(-c3cc(C)c([O])c(C)c3)nc12. The topological polar surface area (TPSA) is 90.2 Å². The first-order valence-corrected chi connectivity index (χ1v) is 9.86. The van der Waals surface area contributed by atoms with Crippen molar-refractivity contribution < 1.29 is 19.0 Å². The van der Waals surface area contributed by atoms with Gasteiger partial charge in [-0.1, -0.05) is 30.7 Å². The van der Waals surface area contributed by atoms with E-state index >= 15 is 0 Å². The zero-order valence-electron chi connectivity index (χ0n) is 16.7. The van der Waals surface area contributed by atoms with E-state index in [1.807, 2.05) is 6.92 Å². The number of hydrogen-bond acceptors (Lipinski definition) is 6. The zero-order chi connectivity index (χ0) is 21.3. The van der Waals surface area contributed by atoms with Gasteiger partial charge < -0.3 is 13.9 Å². The van der Waals surface area contributed by atoms with E-state index in [1.54, 1.807) is 50.2 Å². The summed E-state index contributed by atoms with van der Waals surface area (Å²) in [6.07, 6.45) is 0.792. The second-order valence-corrected chi connectivity index (χ2v) is 7.21. The van der Waals surface area contributed by atoms with Gasteiger partial charge in [0.2, 0.25) is 5.89 Å². The van der Waals surface area contributed by atoms with Crippen molar-refractivity contribution >= 4 is 22.8 Å². The quantitative estimate of drug-likeness (QED) is 0.361. The maximum atomic E-state index is 12.0. The maximum Gasteiger partial charge on any atom is 0.328 e. The van der Waals surface area contributed by atoms with Crippen molar-refractivity contribution in [3.8, 4) is 34.8 Å². The van der Waals surface area contributed by atoms with Gasteiger partial charge in [0.1, 0.15) is 5.75 Å². The highest BCUT2D eigenvalue weighted by atomic mass is 35.5. The molecule has 0 N–H and O–H groups in total. The smallest absolute Gasteiger partial charge is 0.328 e. The second-order valence-electron chi connectivity index (χ2n) is 6.80. The molecule has 0 aliphatic heterocycles. The molecule has 0 unspecified atom stereocenters. The Morgan fingerprint density at radius 3 is 2.50 bits per heavy atom. The molecule has 0 amide bonds. The first-order chi connectivity index (χ1) is 14.5. The van der Waals surface area contributed by atoms with E-state index < -0.39 is 0 Å². The molecular weight excluding hydrogens is 406 g/mol. The highest BCUT2D eigenvalue weighted by Gasteiger charge is 2.20. The molecule has 0 aliphatic rings. The summed E-state index contributed by atoms with van der Waals surface area (Å²) >= 11 is 6.17. The molecule has 0 spiro atoms. The van der Waals surface area contributed by atoms with Crippen molar-refractivity contribution in [2.75, 3.05) is 6.61 Å². The number of nitrogens with zero attached hydrogens (tertiary/aromatic N) is 3. The summed E-state index contributed by atoms with van der Waals surface area (Å²) in [4.78, 5) is 13.2. The largest absolute Gasteiger partial charge is 0.476 e. The van der Waals surface area contributed by atoms with Crippen LogP contribution in [0, 0.1) is 13.8 Å². The Labute approximate surface area is 178 Å². The average Bonchev–Trinajstić information content (AvgIpc) is 3.16. The van der Waals surface area contributed by atoms with Gasteiger partial charge in [0.05, 0.1) is 11.6 Å². The summed E-state index contributed by atoms with van der Waals surface area (Å²) in [6.45, 7) is 5.95. The molecule has 153 valence electrons. The van der Waals surface area contributed by atoms with Crippen LogP contribution >= 0.6 is 11.6 Å². The molecule has 0 fully saturated rings. The minimum absolute atomic E-state index is 0.00273. The van der Waals surface area contributed by atoms with E-state index in [1.165, 1.54) is 0 Å². The summed E-state index contributed by atoms with van der Waals surface area (Å²) < 4.78 is 17.4. The molecule has 8 heteroatoms. The van der Waals surface area contributed by atoms with E-state index in [4.69, 9.17) is 25.5 Å². The predicted octanol–water partition coefficient (Wildman–Crippen LogP) is 6.28. The summed E-state index contributed by atoms with van der Waals surface area (Å²) in [6, 6.07) is 10.5. The van der Waals surface area contributed by atoms with Crippen molar-refractivity contribution in [3.63, 3.8) is 0 Å². The van der Waals surface area contributed by atoms with Gasteiger partial charge >= 0.3 is 6.01 Å². The number of aromatic nitrogens is 3. The van der Waals surface area contributed by atoms with E-state index in [0.29, 0.717) is 45.5 Å². The fraction of sp³-hybridized carbons (Fsp3) is 0.227. The summed E-state index contributed by atoms with van der Waals surface area (Å²) in [5, 5.41) is 12.5. The third kappa shape index (κ3) is 3.89. The molecule has 4 rings (SSSR count). The van der Waals surface area contributed by atoms with E-state index in [9.17, 15) is 5.11 Å². The first kappa shape index (κ1) is 20.0. The molecule has 0 bridgehead atoms. The number of ether oxygens (including phenoxy) is 2. The molecule has 0 saturated heterocycles.